The fourth-order valence-electron chi connectivity index (χ4n) is 2.22. The van der Waals surface area contributed by atoms with Crippen LogP contribution in [0.25, 0.3) is 0 Å². The van der Waals surface area contributed by atoms with Gasteiger partial charge in [0, 0.05) is 13.1 Å². The van der Waals surface area contributed by atoms with Crippen molar-refractivity contribution in [3.63, 3.8) is 0 Å². The Morgan fingerprint density at radius 3 is 2.26 bits per heavy atom. The molecule has 0 aliphatic rings. The summed E-state index contributed by atoms with van der Waals surface area (Å²) in [6.45, 7) is 0.787. The van der Waals surface area contributed by atoms with Gasteiger partial charge in [-0.05, 0) is 42.0 Å². The highest BCUT2D eigenvalue weighted by molar-refractivity contribution is 7.89. The summed E-state index contributed by atoms with van der Waals surface area (Å²) in [5.74, 6) is 1.28. The lowest BCUT2D eigenvalue weighted by molar-refractivity contribution is 0.405. The molecule has 124 valence electrons. The zero-order valence-electron chi connectivity index (χ0n) is 13.1. The molecule has 0 N–H and O–H groups in total. The van der Waals surface area contributed by atoms with Gasteiger partial charge in [-0.1, -0.05) is 30.3 Å². The molecule has 0 unspecified atom stereocenters. The van der Waals surface area contributed by atoms with Crippen LogP contribution in [-0.2, 0) is 16.6 Å². The van der Waals surface area contributed by atoms with Gasteiger partial charge in [0.05, 0.1) is 12.0 Å². The molecule has 0 fully saturated rings. The first-order valence-electron chi connectivity index (χ1n) is 7.37. The standard InChI is InChI=1S/C17H21NO3S2/c1-21-16-8-10-17(11-9-16)23(19,20)18(12-5-13-22)14-15-6-3-2-4-7-15/h2-4,6-11,22H,5,12-14H2,1H3. The predicted molar refractivity (Wildman–Crippen MR) is 95.5 cm³/mol. The summed E-state index contributed by atoms with van der Waals surface area (Å²) >= 11 is 4.19. The molecule has 0 atom stereocenters. The van der Waals surface area contributed by atoms with Gasteiger partial charge in [0.25, 0.3) is 0 Å². The molecular weight excluding hydrogens is 330 g/mol. The van der Waals surface area contributed by atoms with Crippen molar-refractivity contribution in [2.75, 3.05) is 19.4 Å². The molecule has 0 bridgehead atoms. The third-order valence-electron chi connectivity index (χ3n) is 3.46. The molecule has 23 heavy (non-hydrogen) atoms. The number of methoxy groups -OCH3 is 1. The molecule has 0 amide bonds. The quantitative estimate of drug-likeness (QED) is 0.743. The van der Waals surface area contributed by atoms with Crippen LogP contribution in [0.4, 0.5) is 0 Å². The van der Waals surface area contributed by atoms with Gasteiger partial charge in [-0.25, -0.2) is 8.42 Å². The maximum absolute atomic E-state index is 12.9. The van der Waals surface area contributed by atoms with Crippen molar-refractivity contribution in [2.45, 2.75) is 17.9 Å². The van der Waals surface area contributed by atoms with Gasteiger partial charge in [0.2, 0.25) is 10.0 Å². The smallest absolute Gasteiger partial charge is 0.243 e. The van der Waals surface area contributed by atoms with Gasteiger partial charge >= 0.3 is 0 Å². The lowest BCUT2D eigenvalue weighted by Crippen LogP contribution is -2.31. The summed E-state index contributed by atoms with van der Waals surface area (Å²) < 4.78 is 32.4. The topological polar surface area (TPSA) is 46.6 Å². The van der Waals surface area contributed by atoms with E-state index in [1.54, 1.807) is 31.4 Å². The van der Waals surface area contributed by atoms with Crippen LogP contribution in [0.3, 0.4) is 0 Å². The van der Waals surface area contributed by atoms with Gasteiger partial charge < -0.3 is 4.74 Å². The molecule has 4 nitrogen and oxygen atoms in total. The second kappa shape index (κ2) is 8.38. The molecule has 0 aromatic heterocycles. The summed E-state index contributed by atoms with van der Waals surface area (Å²) in [6.07, 6.45) is 0.700. The number of hydrogen-bond donors (Lipinski definition) is 1. The van der Waals surface area contributed by atoms with Crippen molar-refractivity contribution in [1.82, 2.24) is 4.31 Å². The van der Waals surface area contributed by atoms with E-state index in [0.29, 0.717) is 31.0 Å². The van der Waals surface area contributed by atoms with Gasteiger partial charge in [0.15, 0.2) is 0 Å². The van der Waals surface area contributed by atoms with E-state index in [0.717, 1.165) is 5.56 Å². The summed E-state index contributed by atoms with van der Waals surface area (Å²) in [7, 11) is -2.00. The van der Waals surface area contributed by atoms with E-state index < -0.39 is 10.0 Å². The lowest BCUT2D eigenvalue weighted by atomic mass is 10.2. The zero-order valence-corrected chi connectivity index (χ0v) is 14.8. The highest BCUT2D eigenvalue weighted by Crippen LogP contribution is 2.21. The van der Waals surface area contributed by atoms with Gasteiger partial charge in [-0.3, -0.25) is 0 Å². The second-order valence-electron chi connectivity index (χ2n) is 5.08. The monoisotopic (exact) mass is 351 g/mol. The number of benzene rings is 2. The zero-order chi connectivity index (χ0) is 16.7. The largest absolute Gasteiger partial charge is 0.497 e. The van der Waals surface area contributed by atoms with E-state index in [1.165, 1.54) is 4.31 Å². The van der Waals surface area contributed by atoms with Crippen molar-refractivity contribution in [3.05, 3.63) is 60.2 Å². The summed E-state index contributed by atoms with van der Waals surface area (Å²) in [5, 5.41) is 0. The van der Waals surface area contributed by atoms with Crippen LogP contribution in [-0.4, -0.2) is 32.1 Å². The Hall–Kier alpha value is -1.50. The van der Waals surface area contributed by atoms with Gasteiger partial charge in [0.1, 0.15) is 5.75 Å². The lowest BCUT2D eigenvalue weighted by Gasteiger charge is -2.22. The molecule has 2 rings (SSSR count). The molecule has 0 saturated heterocycles. The SMILES string of the molecule is COc1ccc(S(=O)(=O)N(CCCS)Cc2ccccc2)cc1. The molecule has 0 aliphatic carbocycles. The Bertz CT molecular complexity index is 700. The number of nitrogens with zero attached hydrogens (tertiary/aromatic N) is 1. The van der Waals surface area contributed by atoms with E-state index in [9.17, 15) is 8.42 Å². The van der Waals surface area contributed by atoms with E-state index >= 15 is 0 Å². The molecule has 2 aromatic rings. The second-order valence-corrected chi connectivity index (χ2v) is 7.46. The van der Waals surface area contributed by atoms with Gasteiger partial charge in [-0.2, -0.15) is 16.9 Å². The summed E-state index contributed by atoms with van der Waals surface area (Å²) in [4.78, 5) is 0.272. The Morgan fingerprint density at radius 1 is 1.04 bits per heavy atom. The Kier molecular flexibility index (Phi) is 6.50. The molecule has 0 saturated carbocycles. The average molecular weight is 351 g/mol. The van der Waals surface area contributed by atoms with Crippen LogP contribution in [0, 0.1) is 0 Å². The van der Waals surface area contributed by atoms with E-state index in [1.807, 2.05) is 30.3 Å². The van der Waals surface area contributed by atoms with E-state index in [2.05, 4.69) is 12.6 Å². The predicted octanol–water partition coefficient (Wildman–Crippen LogP) is 3.21. The van der Waals surface area contributed by atoms with Crippen LogP contribution in [0.15, 0.2) is 59.5 Å². The van der Waals surface area contributed by atoms with Crippen molar-refractivity contribution in [3.8, 4) is 5.75 Å². The molecule has 2 aromatic carbocycles. The first-order valence-corrected chi connectivity index (χ1v) is 9.44. The third kappa shape index (κ3) is 4.73. The van der Waals surface area contributed by atoms with E-state index in [4.69, 9.17) is 4.74 Å². The molecule has 6 heteroatoms. The minimum atomic E-state index is -3.55. The fraction of sp³-hybridized carbons (Fsp3) is 0.294. The summed E-state index contributed by atoms with van der Waals surface area (Å²) in [5.41, 5.74) is 0.962. The van der Waals surface area contributed by atoms with Crippen molar-refractivity contribution < 1.29 is 13.2 Å². The van der Waals surface area contributed by atoms with Crippen molar-refractivity contribution in [2.24, 2.45) is 0 Å². The normalized spacial score (nSPS) is 11.6. The van der Waals surface area contributed by atoms with E-state index in [-0.39, 0.29) is 4.90 Å². The number of rotatable bonds is 8. The average Bonchev–Trinajstić information content (AvgIpc) is 2.59. The molecular formula is C17H21NO3S2. The van der Waals surface area contributed by atoms with Crippen LogP contribution < -0.4 is 4.74 Å². The first-order chi connectivity index (χ1) is 11.1. The third-order valence-corrected chi connectivity index (χ3v) is 5.64. The number of sulfonamides is 1. The van der Waals surface area contributed by atoms with Crippen molar-refractivity contribution in [1.29, 1.82) is 0 Å². The van der Waals surface area contributed by atoms with Crippen LogP contribution in [0.2, 0.25) is 0 Å². The number of hydrogen-bond acceptors (Lipinski definition) is 4. The Morgan fingerprint density at radius 2 is 1.70 bits per heavy atom. The molecule has 0 heterocycles. The summed E-state index contributed by atoms with van der Waals surface area (Å²) in [6, 6.07) is 16.1. The van der Waals surface area contributed by atoms with Crippen molar-refractivity contribution >= 4 is 22.7 Å². The maximum Gasteiger partial charge on any atom is 0.243 e. The highest BCUT2D eigenvalue weighted by atomic mass is 32.2. The molecule has 0 aliphatic heterocycles. The van der Waals surface area contributed by atoms with Crippen LogP contribution in [0.1, 0.15) is 12.0 Å². The number of thiol groups is 1. The maximum atomic E-state index is 12.9. The fourth-order valence-corrected chi connectivity index (χ4v) is 3.82. The minimum absolute atomic E-state index is 0.272. The Labute approximate surface area is 143 Å². The molecule has 0 spiro atoms. The van der Waals surface area contributed by atoms with Crippen LogP contribution in [0.5, 0.6) is 5.75 Å². The highest BCUT2D eigenvalue weighted by Gasteiger charge is 2.24. The minimum Gasteiger partial charge on any atom is -0.497 e. The Balaban J connectivity index is 2.27. The number of ether oxygens (including phenoxy) is 1. The van der Waals surface area contributed by atoms with Crippen LogP contribution >= 0.6 is 12.6 Å². The van der Waals surface area contributed by atoms with Gasteiger partial charge in [-0.15, -0.1) is 0 Å². The molecule has 0 radical (unpaired) electrons. The first kappa shape index (κ1) is 17.8.